The predicted molar refractivity (Wildman–Crippen MR) is 71.5 cm³/mol. The van der Waals surface area contributed by atoms with Crippen LogP contribution in [-0.4, -0.2) is 24.5 Å². The molecule has 3 nitrogen and oxygen atoms in total. The zero-order chi connectivity index (χ0) is 12.8. The highest BCUT2D eigenvalue weighted by Gasteiger charge is 2.08. The third kappa shape index (κ3) is 4.29. The number of nitrogens with one attached hydrogen (secondary N) is 1. The van der Waals surface area contributed by atoms with E-state index in [9.17, 15) is 4.79 Å². The van der Waals surface area contributed by atoms with E-state index in [0.29, 0.717) is 23.1 Å². The topological polar surface area (TPSA) is 32.3 Å². The Kier molecular flexibility index (Phi) is 5.32. The van der Waals surface area contributed by atoms with Gasteiger partial charge in [0.1, 0.15) is 0 Å². The zero-order valence-corrected chi connectivity index (χ0v) is 11.1. The van der Waals surface area contributed by atoms with Gasteiger partial charge in [-0.1, -0.05) is 35.3 Å². The number of halogens is 2. The highest BCUT2D eigenvalue weighted by atomic mass is 35.5. The summed E-state index contributed by atoms with van der Waals surface area (Å²) in [5.41, 5.74) is 0.927. The number of carbonyl (C=O) groups is 1. The molecule has 1 aromatic rings. The number of amides is 2. The fourth-order valence-electron chi connectivity index (χ4n) is 1.28. The third-order valence-electron chi connectivity index (χ3n) is 2.15. The number of urea groups is 1. The number of benzene rings is 1. The molecule has 0 spiro atoms. The Labute approximate surface area is 111 Å². The Balaban J connectivity index is 2.61. The van der Waals surface area contributed by atoms with Crippen molar-refractivity contribution in [3.63, 3.8) is 0 Å². The Morgan fingerprint density at radius 1 is 1.47 bits per heavy atom. The average molecular weight is 273 g/mol. The van der Waals surface area contributed by atoms with Crippen LogP contribution in [0, 0.1) is 0 Å². The molecule has 0 bridgehead atoms. The van der Waals surface area contributed by atoms with E-state index in [0.717, 1.165) is 5.56 Å². The van der Waals surface area contributed by atoms with Crippen molar-refractivity contribution >= 4 is 29.2 Å². The van der Waals surface area contributed by atoms with Crippen LogP contribution in [0.5, 0.6) is 0 Å². The van der Waals surface area contributed by atoms with Gasteiger partial charge in [-0.2, -0.15) is 0 Å². The fraction of sp³-hybridized carbons (Fsp3) is 0.250. The molecule has 1 rings (SSSR count). The zero-order valence-electron chi connectivity index (χ0n) is 9.54. The largest absolute Gasteiger partial charge is 0.335 e. The van der Waals surface area contributed by atoms with E-state index in [1.54, 1.807) is 30.2 Å². The van der Waals surface area contributed by atoms with Gasteiger partial charge in [-0.25, -0.2) is 4.79 Å². The SMILES string of the molecule is C=CCNC(=O)N(C)Cc1ccc(Cl)c(Cl)c1. The molecule has 5 heteroatoms. The summed E-state index contributed by atoms with van der Waals surface area (Å²) in [6, 6.07) is 5.15. The van der Waals surface area contributed by atoms with E-state index in [4.69, 9.17) is 23.2 Å². The molecule has 92 valence electrons. The minimum atomic E-state index is -0.157. The van der Waals surface area contributed by atoms with Gasteiger partial charge < -0.3 is 10.2 Å². The normalized spacial score (nSPS) is 9.82. The highest BCUT2D eigenvalue weighted by molar-refractivity contribution is 6.42. The van der Waals surface area contributed by atoms with Gasteiger partial charge in [0.05, 0.1) is 10.0 Å². The molecule has 2 amide bonds. The Hall–Kier alpha value is -1.19. The number of hydrogen-bond acceptors (Lipinski definition) is 1. The first-order chi connectivity index (χ1) is 8.04. The predicted octanol–water partition coefficient (Wildman–Crippen LogP) is 3.32. The summed E-state index contributed by atoms with van der Waals surface area (Å²) in [7, 11) is 1.71. The number of rotatable bonds is 4. The fourth-order valence-corrected chi connectivity index (χ4v) is 1.60. The first kappa shape index (κ1) is 13.9. The minimum absolute atomic E-state index is 0.157. The molecule has 17 heavy (non-hydrogen) atoms. The maximum absolute atomic E-state index is 11.6. The molecule has 0 unspecified atom stereocenters. The molecule has 0 saturated carbocycles. The van der Waals surface area contributed by atoms with Crippen molar-refractivity contribution in [1.29, 1.82) is 0 Å². The molecule has 0 atom stereocenters. The van der Waals surface area contributed by atoms with Gasteiger partial charge in [-0.15, -0.1) is 6.58 Å². The first-order valence-corrected chi connectivity index (χ1v) is 5.84. The lowest BCUT2D eigenvalue weighted by Crippen LogP contribution is -2.36. The van der Waals surface area contributed by atoms with Crippen LogP contribution in [0.2, 0.25) is 10.0 Å². The van der Waals surface area contributed by atoms with Crippen molar-refractivity contribution in [2.45, 2.75) is 6.54 Å². The summed E-state index contributed by atoms with van der Waals surface area (Å²) in [5.74, 6) is 0. The summed E-state index contributed by atoms with van der Waals surface area (Å²) >= 11 is 11.7. The molecule has 0 aliphatic rings. The van der Waals surface area contributed by atoms with Crippen LogP contribution in [0.4, 0.5) is 4.79 Å². The number of carbonyl (C=O) groups excluding carboxylic acids is 1. The summed E-state index contributed by atoms with van der Waals surface area (Å²) < 4.78 is 0. The van der Waals surface area contributed by atoms with Gasteiger partial charge >= 0.3 is 6.03 Å². The molecular formula is C12H14Cl2N2O. The lowest BCUT2D eigenvalue weighted by Gasteiger charge is -2.17. The maximum atomic E-state index is 11.6. The van der Waals surface area contributed by atoms with Crippen LogP contribution in [0.25, 0.3) is 0 Å². The Morgan fingerprint density at radius 2 is 2.18 bits per heavy atom. The van der Waals surface area contributed by atoms with Crippen molar-refractivity contribution in [3.8, 4) is 0 Å². The molecule has 1 N–H and O–H groups in total. The second-order valence-electron chi connectivity index (χ2n) is 3.58. The van der Waals surface area contributed by atoms with E-state index < -0.39 is 0 Å². The summed E-state index contributed by atoms with van der Waals surface area (Å²) in [4.78, 5) is 13.1. The summed E-state index contributed by atoms with van der Waals surface area (Å²) in [6.07, 6.45) is 1.63. The van der Waals surface area contributed by atoms with E-state index in [1.807, 2.05) is 6.07 Å². The standard InChI is InChI=1S/C12H14Cl2N2O/c1-3-6-15-12(17)16(2)8-9-4-5-10(13)11(14)7-9/h3-5,7H,1,6,8H2,2H3,(H,15,17). The van der Waals surface area contributed by atoms with E-state index >= 15 is 0 Å². The second kappa shape index (κ2) is 6.52. The van der Waals surface area contributed by atoms with Crippen molar-refractivity contribution in [3.05, 3.63) is 46.5 Å². The molecule has 0 aliphatic carbocycles. The molecule has 0 aliphatic heterocycles. The smallest absolute Gasteiger partial charge is 0.317 e. The van der Waals surface area contributed by atoms with Crippen LogP contribution in [-0.2, 0) is 6.54 Å². The molecular weight excluding hydrogens is 259 g/mol. The third-order valence-corrected chi connectivity index (χ3v) is 2.89. The second-order valence-corrected chi connectivity index (χ2v) is 4.39. The summed E-state index contributed by atoms with van der Waals surface area (Å²) in [6.45, 7) is 4.45. The van der Waals surface area contributed by atoms with Crippen LogP contribution < -0.4 is 5.32 Å². The van der Waals surface area contributed by atoms with E-state index in [2.05, 4.69) is 11.9 Å². The van der Waals surface area contributed by atoms with Crippen LogP contribution in [0.1, 0.15) is 5.56 Å². The van der Waals surface area contributed by atoms with Crippen molar-refractivity contribution < 1.29 is 4.79 Å². The maximum Gasteiger partial charge on any atom is 0.317 e. The Morgan fingerprint density at radius 3 is 2.76 bits per heavy atom. The lowest BCUT2D eigenvalue weighted by atomic mass is 10.2. The highest BCUT2D eigenvalue weighted by Crippen LogP contribution is 2.23. The van der Waals surface area contributed by atoms with E-state index in [1.165, 1.54) is 0 Å². The molecule has 0 radical (unpaired) electrons. The lowest BCUT2D eigenvalue weighted by molar-refractivity contribution is 0.208. The van der Waals surface area contributed by atoms with Crippen molar-refractivity contribution in [2.24, 2.45) is 0 Å². The van der Waals surface area contributed by atoms with Crippen LogP contribution in [0.3, 0.4) is 0 Å². The van der Waals surface area contributed by atoms with Crippen LogP contribution >= 0.6 is 23.2 Å². The molecule has 0 saturated heterocycles. The molecule has 0 aromatic heterocycles. The van der Waals surface area contributed by atoms with Gasteiger partial charge in [0.2, 0.25) is 0 Å². The number of nitrogens with zero attached hydrogens (tertiary/aromatic N) is 1. The molecule has 0 fully saturated rings. The van der Waals surface area contributed by atoms with Gasteiger partial charge in [-0.3, -0.25) is 0 Å². The van der Waals surface area contributed by atoms with Gasteiger partial charge in [0.25, 0.3) is 0 Å². The monoisotopic (exact) mass is 272 g/mol. The van der Waals surface area contributed by atoms with Gasteiger partial charge in [0.15, 0.2) is 0 Å². The van der Waals surface area contributed by atoms with Crippen LogP contribution in [0.15, 0.2) is 30.9 Å². The average Bonchev–Trinajstić information content (AvgIpc) is 2.30. The molecule has 0 heterocycles. The van der Waals surface area contributed by atoms with Crippen molar-refractivity contribution in [2.75, 3.05) is 13.6 Å². The Bertz CT molecular complexity index is 421. The summed E-state index contributed by atoms with van der Waals surface area (Å²) in [5, 5.41) is 3.69. The number of hydrogen-bond donors (Lipinski definition) is 1. The van der Waals surface area contributed by atoms with E-state index in [-0.39, 0.29) is 6.03 Å². The molecule has 1 aromatic carbocycles. The van der Waals surface area contributed by atoms with Gasteiger partial charge in [0, 0.05) is 20.1 Å². The minimum Gasteiger partial charge on any atom is -0.335 e. The van der Waals surface area contributed by atoms with Crippen molar-refractivity contribution in [1.82, 2.24) is 10.2 Å². The van der Waals surface area contributed by atoms with Gasteiger partial charge in [-0.05, 0) is 17.7 Å². The quantitative estimate of drug-likeness (QED) is 0.838. The first-order valence-electron chi connectivity index (χ1n) is 5.08.